The summed E-state index contributed by atoms with van der Waals surface area (Å²) in [5.41, 5.74) is 0.776. The third-order valence-corrected chi connectivity index (χ3v) is 8.59. The fourth-order valence-corrected chi connectivity index (χ4v) is 6.58. The van der Waals surface area contributed by atoms with E-state index in [0.717, 1.165) is 44.1 Å². The van der Waals surface area contributed by atoms with Gasteiger partial charge in [-0.3, -0.25) is 9.78 Å². The number of carbonyl (C=O) groups excluding carboxylic acids is 1. The van der Waals surface area contributed by atoms with Gasteiger partial charge in [0.05, 0.1) is 11.2 Å². The minimum absolute atomic E-state index is 0.00995. The van der Waals surface area contributed by atoms with Crippen molar-refractivity contribution >= 4 is 15.9 Å². The first kappa shape index (κ1) is 17.9. The standard InChI is InChI=1S/C19H27N3O3S/c23-18(21-12-15-5-4-10-20-11-15)17-13-22(26(24,25)16-6-7-16)14-19(17)8-2-1-3-9-19/h4-5,10-11,16-17H,1-3,6-9,12-14H2,(H,21,23). The Morgan fingerprint density at radius 1 is 1.27 bits per heavy atom. The Bertz CT molecular complexity index is 755. The summed E-state index contributed by atoms with van der Waals surface area (Å²) in [6, 6.07) is 3.78. The average molecular weight is 378 g/mol. The number of pyridine rings is 1. The lowest BCUT2D eigenvalue weighted by Gasteiger charge is -2.37. The van der Waals surface area contributed by atoms with Crippen LogP contribution in [0.4, 0.5) is 0 Å². The molecule has 1 amide bonds. The Balaban J connectivity index is 1.50. The predicted molar refractivity (Wildman–Crippen MR) is 98.6 cm³/mol. The van der Waals surface area contributed by atoms with E-state index in [1.54, 1.807) is 16.7 Å². The summed E-state index contributed by atoms with van der Waals surface area (Å²) in [6.45, 7) is 1.31. The largest absolute Gasteiger partial charge is 0.352 e. The van der Waals surface area contributed by atoms with Crippen LogP contribution in [0, 0.1) is 11.3 Å². The van der Waals surface area contributed by atoms with Crippen molar-refractivity contribution in [2.45, 2.75) is 56.7 Å². The van der Waals surface area contributed by atoms with Crippen LogP contribution in [0.5, 0.6) is 0 Å². The molecule has 2 heterocycles. The van der Waals surface area contributed by atoms with E-state index in [1.165, 1.54) is 6.42 Å². The Labute approximate surface area is 155 Å². The first-order chi connectivity index (χ1) is 12.5. The van der Waals surface area contributed by atoms with Crippen LogP contribution in [0.15, 0.2) is 24.5 Å². The summed E-state index contributed by atoms with van der Waals surface area (Å²) in [7, 11) is -3.23. The number of hydrogen-bond acceptors (Lipinski definition) is 4. The molecule has 4 rings (SSSR count). The number of nitrogens with one attached hydrogen (secondary N) is 1. The molecule has 6 nitrogen and oxygen atoms in total. The summed E-state index contributed by atoms with van der Waals surface area (Å²) in [5, 5.41) is 2.82. The smallest absolute Gasteiger partial charge is 0.225 e. The van der Waals surface area contributed by atoms with Gasteiger partial charge in [-0.15, -0.1) is 0 Å². The van der Waals surface area contributed by atoms with Crippen molar-refractivity contribution in [3.05, 3.63) is 30.1 Å². The van der Waals surface area contributed by atoms with E-state index >= 15 is 0 Å². The molecular weight excluding hydrogens is 350 g/mol. The van der Waals surface area contributed by atoms with Gasteiger partial charge in [0.25, 0.3) is 0 Å². The van der Waals surface area contributed by atoms with Crippen molar-refractivity contribution in [1.29, 1.82) is 0 Å². The van der Waals surface area contributed by atoms with Gasteiger partial charge in [0, 0.05) is 32.0 Å². The molecule has 0 bridgehead atoms. The highest BCUT2D eigenvalue weighted by atomic mass is 32.2. The minimum atomic E-state index is -3.23. The fourth-order valence-electron chi connectivity index (χ4n) is 4.63. The maximum atomic E-state index is 13.0. The second-order valence-electron chi connectivity index (χ2n) is 8.09. The molecule has 2 aliphatic carbocycles. The van der Waals surface area contributed by atoms with Crippen LogP contribution in [0.25, 0.3) is 0 Å². The third-order valence-electron chi connectivity index (χ3n) is 6.28. The molecule has 1 saturated heterocycles. The first-order valence-corrected chi connectivity index (χ1v) is 11.2. The van der Waals surface area contributed by atoms with Crippen LogP contribution in [-0.2, 0) is 21.4 Å². The van der Waals surface area contributed by atoms with Crippen LogP contribution in [0.2, 0.25) is 0 Å². The molecule has 3 fully saturated rings. The number of aromatic nitrogens is 1. The van der Waals surface area contributed by atoms with Crippen molar-refractivity contribution in [3.8, 4) is 0 Å². The summed E-state index contributed by atoms with van der Waals surface area (Å²) in [4.78, 5) is 17.1. The van der Waals surface area contributed by atoms with Gasteiger partial charge in [-0.2, -0.15) is 0 Å². The van der Waals surface area contributed by atoms with Crippen molar-refractivity contribution < 1.29 is 13.2 Å². The Kier molecular flexibility index (Phi) is 4.77. The van der Waals surface area contributed by atoms with E-state index in [0.29, 0.717) is 19.6 Å². The van der Waals surface area contributed by atoms with Gasteiger partial charge in [0.1, 0.15) is 0 Å². The summed E-state index contributed by atoms with van der Waals surface area (Å²) < 4.78 is 27.1. The first-order valence-electron chi connectivity index (χ1n) is 9.67. The van der Waals surface area contributed by atoms with Crippen molar-refractivity contribution in [3.63, 3.8) is 0 Å². The van der Waals surface area contributed by atoms with Gasteiger partial charge in [-0.25, -0.2) is 12.7 Å². The number of amides is 1. The molecule has 3 aliphatic rings. The molecule has 1 aromatic rings. The van der Waals surface area contributed by atoms with Crippen molar-refractivity contribution in [2.24, 2.45) is 11.3 Å². The van der Waals surface area contributed by atoms with Gasteiger partial charge >= 0.3 is 0 Å². The van der Waals surface area contributed by atoms with Crippen molar-refractivity contribution in [1.82, 2.24) is 14.6 Å². The highest BCUT2D eigenvalue weighted by molar-refractivity contribution is 7.90. The molecule has 0 radical (unpaired) electrons. The Hall–Kier alpha value is -1.47. The van der Waals surface area contributed by atoms with Gasteiger partial charge in [0.2, 0.25) is 15.9 Å². The monoisotopic (exact) mass is 377 g/mol. The van der Waals surface area contributed by atoms with Crippen LogP contribution in [-0.4, -0.2) is 42.0 Å². The maximum Gasteiger partial charge on any atom is 0.225 e. The highest BCUT2D eigenvalue weighted by Gasteiger charge is 2.54. The molecule has 1 atom stereocenters. The van der Waals surface area contributed by atoms with Gasteiger partial charge in [-0.05, 0) is 42.7 Å². The van der Waals surface area contributed by atoms with Crippen LogP contribution in [0.3, 0.4) is 0 Å². The second kappa shape index (κ2) is 6.93. The summed E-state index contributed by atoms with van der Waals surface area (Å²) in [5.74, 6) is -0.253. The SMILES string of the molecule is O=C(NCc1cccnc1)C1CN(S(=O)(=O)C2CC2)CC12CCCCC2. The minimum Gasteiger partial charge on any atom is -0.352 e. The lowest BCUT2D eigenvalue weighted by molar-refractivity contribution is -0.128. The third kappa shape index (κ3) is 3.39. The molecule has 7 heteroatoms. The number of carbonyl (C=O) groups is 1. The van der Waals surface area contributed by atoms with E-state index in [9.17, 15) is 13.2 Å². The zero-order chi connectivity index (χ0) is 18.2. The molecule has 1 spiro atoms. The Morgan fingerprint density at radius 2 is 2.04 bits per heavy atom. The molecule has 2 saturated carbocycles. The number of nitrogens with zero attached hydrogens (tertiary/aromatic N) is 2. The van der Waals surface area contributed by atoms with Crippen LogP contribution >= 0.6 is 0 Å². The molecule has 1 aromatic heterocycles. The van der Waals surface area contributed by atoms with Crippen LogP contribution < -0.4 is 5.32 Å². The highest BCUT2D eigenvalue weighted by Crippen LogP contribution is 2.49. The van der Waals surface area contributed by atoms with E-state index in [1.807, 2.05) is 12.1 Å². The van der Waals surface area contributed by atoms with Gasteiger partial charge in [0.15, 0.2) is 0 Å². The van der Waals surface area contributed by atoms with Crippen molar-refractivity contribution in [2.75, 3.05) is 13.1 Å². The quantitative estimate of drug-likeness (QED) is 0.852. The predicted octanol–water partition coefficient (Wildman–Crippen LogP) is 2.07. The normalized spacial score (nSPS) is 26.1. The fraction of sp³-hybridized carbons (Fsp3) is 0.684. The van der Waals surface area contributed by atoms with E-state index in [-0.39, 0.29) is 22.5 Å². The van der Waals surface area contributed by atoms with Crippen LogP contribution in [0.1, 0.15) is 50.5 Å². The van der Waals surface area contributed by atoms with E-state index in [2.05, 4.69) is 10.3 Å². The lowest BCUT2D eigenvalue weighted by Crippen LogP contribution is -2.42. The second-order valence-corrected chi connectivity index (χ2v) is 10.3. The number of rotatable bonds is 5. The average Bonchev–Trinajstić information content (AvgIpc) is 3.45. The van der Waals surface area contributed by atoms with Gasteiger partial charge in [-0.1, -0.05) is 25.3 Å². The zero-order valence-electron chi connectivity index (χ0n) is 15.1. The molecule has 1 unspecified atom stereocenters. The van der Waals surface area contributed by atoms with Gasteiger partial charge < -0.3 is 5.32 Å². The Morgan fingerprint density at radius 3 is 2.69 bits per heavy atom. The molecule has 1 N–H and O–H groups in total. The van der Waals surface area contributed by atoms with E-state index < -0.39 is 10.0 Å². The molecule has 1 aliphatic heterocycles. The maximum absolute atomic E-state index is 13.0. The summed E-state index contributed by atoms with van der Waals surface area (Å²) in [6.07, 6.45) is 10.3. The summed E-state index contributed by atoms with van der Waals surface area (Å²) >= 11 is 0. The number of hydrogen-bond donors (Lipinski definition) is 1. The van der Waals surface area contributed by atoms with E-state index in [4.69, 9.17) is 0 Å². The molecule has 142 valence electrons. The topological polar surface area (TPSA) is 79.4 Å². The molecule has 26 heavy (non-hydrogen) atoms. The molecular formula is C19H27N3O3S. The number of sulfonamides is 1. The lowest BCUT2D eigenvalue weighted by atomic mass is 9.67. The zero-order valence-corrected chi connectivity index (χ0v) is 15.9. The molecule has 0 aromatic carbocycles.